The van der Waals surface area contributed by atoms with Crippen LogP contribution >= 0.6 is 0 Å². The SMILES string of the molecule is CCC(=O)Nc1ccc(O)c(C(=O)N2CCc3ccc(F)cc3C2)c1. The first kappa shape index (κ1) is 17.0. The number of carbonyl (C=O) groups excluding carboxylic acids is 2. The molecule has 0 saturated heterocycles. The molecular formula is C19H19FN2O3. The number of hydrogen-bond acceptors (Lipinski definition) is 3. The van der Waals surface area contributed by atoms with Gasteiger partial charge in [-0.2, -0.15) is 0 Å². The second kappa shape index (κ2) is 6.93. The highest BCUT2D eigenvalue weighted by Gasteiger charge is 2.24. The zero-order chi connectivity index (χ0) is 18.0. The van der Waals surface area contributed by atoms with E-state index in [1.165, 1.54) is 24.3 Å². The third-order valence-electron chi connectivity index (χ3n) is 4.30. The van der Waals surface area contributed by atoms with E-state index in [9.17, 15) is 19.1 Å². The minimum atomic E-state index is -0.347. The summed E-state index contributed by atoms with van der Waals surface area (Å²) < 4.78 is 13.4. The molecule has 0 bridgehead atoms. The van der Waals surface area contributed by atoms with Gasteiger partial charge in [-0.05, 0) is 47.9 Å². The second-order valence-electron chi connectivity index (χ2n) is 6.02. The van der Waals surface area contributed by atoms with Gasteiger partial charge in [-0.15, -0.1) is 0 Å². The first-order chi connectivity index (χ1) is 12.0. The summed E-state index contributed by atoms with van der Waals surface area (Å²) in [4.78, 5) is 25.9. The van der Waals surface area contributed by atoms with E-state index in [0.717, 1.165) is 11.1 Å². The summed E-state index contributed by atoms with van der Waals surface area (Å²) in [6.07, 6.45) is 0.951. The highest BCUT2D eigenvalue weighted by atomic mass is 19.1. The first-order valence-corrected chi connectivity index (χ1v) is 8.17. The smallest absolute Gasteiger partial charge is 0.257 e. The molecule has 2 aromatic rings. The lowest BCUT2D eigenvalue weighted by Gasteiger charge is -2.29. The number of anilines is 1. The fourth-order valence-electron chi connectivity index (χ4n) is 2.90. The van der Waals surface area contributed by atoms with E-state index in [-0.39, 0.29) is 35.5 Å². The Bertz CT molecular complexity index is 835. The van der Waals surface area contributed by atoms with Crippen molar-refractivity contribution in [1.29, 1.82) is 0 Å². The molecule has 1 aliphatic rings. The second-order valence-corrected chi connectivity index (χ2v) is 6.02. The van der Waals surface area contributed by atoms with E-state index in [1.807, 2.05) is 0 Å². The van der Waals surface area contributed by atoms with Crippen molar-refractivity contribution >= 4 is 17.5 Å². The lowest BCUT2D eigenvalue weighted by Crippen LogP contribution is -2.36. The number of phenols is 1. The van der Waals surface area contributed by atoms with E-state index >= 15 is 0 Å². The van der Waals surface area contributed by atoms with Crippen molar-refractivity contribution in [2.75, 3.05) is 11.9 Å². The van der Waals surface area contributed by atoms with Gasteiger partial charge in [0.25, 0.3) is 5.91 Å². The molecule has 130 valence electrons. The molecule has 0 spiro atoms. The number of fused-ring (bicyclic) bond motifs is 1. The summed E-state index contributed by atoms with van der Waals surface area (Å²) in [5, 5.41) is 12.7. The number of rotatable bonds is 3. The quantitative estimate of drug-likeness (QED) is 0.842. The third kappa shape index (κ3) is 3.63. The Kier molecular flexibility index (Phi) is 4.70. The van der Waals surface area contributed by atoms with Crippen LogP contribution in [0.15, 0.2) is 36.4 Å². The minimum absolute atomic E-state index is 0.119. The van der Waals surface area contributed by atoms with Crippen LogP contribution < -0.4 is 5.32 Å². The van der Waals surface area contributed by atoms with Gasteiger partial charge in [0.05, 0.1) is 5.56 Å². The fraction of sp³-hybridized carbons (Fsp3) is 0.263. The molecule has 0 saturated carbocycles. The summed E-state index contributed by atoms with van der Waals surface area (Å²) in [7, 11) is 0. The van der Waals surface area contributed by atoms with Crippen LogP contribution in [0, 0.1) is 5.82 Å². The van der Waals surface area contributed by atoms with Gasteiger partial charge in [-0.25, -0.2) is 4.39 Å². The Hall–Kier alpha value is -2.89. The van der Waals surface area contributed by atoms with Crippen LogP contribution in [0.5, 0.6) is 5.75 Å². The molecule has 1 aliphatic heterocycles. The number of hydrogen-bond donors (Lipinski definition) is 2. The van der Waals surface area contributed by atoms with Crippen LogP contribution in [0.3, 0.4) is 0 Å². The molecule has 3 rings (SSSR count). The molecule has 0 atom stereocenters. The van der Waals surface area contributed by atoms with Crippen LogP contribution in [0.2, 0.25) is 0 Å². The van der Waals surface area contributed by atoms with E-state index in [1.54, 1.807) is 24.0 Å². The zero-order valence-corrected chi connectivity index (χ0v) is 13.9. The summed E-state index contributed by atoms with van der Waals surface area (Å²) >= 11 is 0. The molecular weight excluding hydrogens is 323 g/mol. The van der Waals surface area contributed by atoms with Gasteiger partial charge < -0.3 is 15.3 Å². The molecule has 0 radical (unpaired) electrons. The van der Waals surface area contributed by atoms with Crippen LogP contribution in [-0.4, -0.2) is 28.4 Å². The summed E-state index contributed by atoms with van der Waals surface area (Å²) in [5.74, 6) is -1.00. The Labute approximate surface area is 145 Å². The predicted molar refractivity (Wildman–Crippen MR) is 91.9 cm³/mol. The van der Waals surface area contributed by atoms with E-state index in [0.29, 0.717) is 25.1 Å². The molecule has 1 heterocycles. The average molecular weight is 342 g/mol. The normalized spacial score (nSPS) is 13.3. The molecule has 0 aromatic heterocycles. The lowest BCUT2D eigenvalue weighted by atomic mass is 9.99. The molecule has 25 heavy (non-hydrogen) atoms. The van der Waals surface area contributed by atoms with Crippen molar-refractivity contribution in [3.05, 3.63) is 58.9 Å². The van der Waals surface area contributed by atoms with Gasteiger partial charge in [0, 0.05) is 25.2 Å². The molecule has 2 aromatic carbocycles. The largest absolute Gasteiger partial charge is 0.507 e. The molecule has 5 nitrogen and oxygen atoms in total. The van der Waals surface area contributed by atoms with Crippen molar-refractivity contribution in [3.8, 4) is 5.75 Å². The monoisotopic (exact) mass is 342 g/mol. The number of benzene rings is 2. The molecule has 6 heteroatoms. The van der Waals surface area contributed by atoms with Crippen molar-refractivity contribution in [2.24, 2.45) is 0 Å². The maximum absolute atomic E-state index is 13.4. The number of carbonyl (C=O) groups is 2. The molecule has 2 amide bonds. The summed E-state index contributed by atoms with van der Waals surface area (Å²) in [6, 6.07) is 8.99. The highest BCUT2D eigenvalue weighted by molar-refractivity contribution is 5.99. The Balaban J connectivity index is 1.83. The number of aromatic hydroxyl groups is 1. The molecule has 0 aliphatic carbocycles. The Morgan fingerprint density at radius 3 is 2.76 bits per heavy atom. The maximum Gasteiger partial charge on any atom is 0.257 e. The number of nitrogens with one attached hydrogen (secondary N) is 1. The minimum Gasteiger partial charge on any atom is -0.507 e. The average Bonchev–Trinajstić information content (AvgIpc) is 2.62. The number of phenolic OH excluding ortho intramolecular Hbond substituents is 1. The molecule has 2 N–H and O–H groups in total. The van der Waals surface area contributed by atoms with Crippen LogP contribution in [-0.2, 0) is 17.8 Å². The van der Waals surface area contributed by atoms with Crippen molar-refractivity contribution in [3.63, 3.8) is 0 Å². The van der Waals surface area contributed by atoms with Crippen molar-refractivity contribution in [2.45, 2.75) is 26.3 Å². The number of nitrogens with zero attached hydrogens (tertiary/aromatic N) is 1. The van der Waals surface area contributed by atoms with Crippen LogP contribution in [0.1, 0.15) is 34.8 Å². The lowest BCUT2D eigenvalue weighted by molar-refractivity contribution is -0.115. The van der Waals surface area contributed by atoms with Crippen molar-refractivity contribution in [1.82, 2.24) is 4.90 Å². The fourth-order valence-corrected chi connectivity index (χ4v) is 2.90. The van der Waals surface area contributed by atoms with Gasteiger partial charge in [-0.3, -0.25) is 9.59 Å². The highest BCUT2D eigenvalue weighted by Crippen LogP contribution is 2.26. The standard InChI is InChI=1S/C19H19FN2O3/c1-2-18(24)21-15-5-6-17(23)16(10-15)19(25)22-8-7-12-3-4-14(20)9-13(12)11-22/h3-6,9-10,23H,2,7-8,11H2,1H3,(H,21,24). The van der Waals surface area contributed by atoms with Crippen molar-refractivity contribution < 1.29 is 19.1 Å². The van der Waals surface area contributed by atoms with Gasteiger partial charge in [0.1, 0.15) is 11.6 Å². The summed E-state index contributed by atoms with van der Waals surface area (Å²) in [6.45, 7) is 2.51. The number of amides is 2. The summed E-state index contributed by atoms with van der Waals surface area (Å²) in [5.41, 5.74) is 2.37. The van der Waals surface area contributed by atoms with Crippen LogP contribution in [0.4, 0.5) is 10.1 Å². The zero-order valence-electron chi connectivity index (χ0n) is 13.9. The van der Waals surface area contributed by atoms with E-state index < -0.39 is 0 Å². The van der Waals surface area contributed by atoms with E-state index in [4.69, 9.17) is 0 Å². The van der Waals surface area contributed by atoms with Gasteiger partial charge in [0.15, 0.2) is 0 Å². The van der Waals surface area contributed by atoms with Gasteiger partial charge in [-0.1, -0.05) is 13.0 Å². The number of halogens is 1. The molecule has 0 unspecified atom stereocenters. The van der Waals surface area contributed by atoms with E-state index in [2.05, 4.69) is 5.32 Å². The van der Waals surface area contributed by atoms with Gasteiger partial charge in [0.2, 0.25) is 5.91 Å². The first-order valence-electron chi connectivity index (χ1n) is 8.17. The third-order valence-corrected chi connectivity index (χ3v) is 4.30. The van der Waals surface area contributed by atoms with Gasteiger partial charge >= 0.3 is 0 Å². The Morgan fingerprint density at radius 2 is 2.00 bits per heavy atom. The molecule has 0 fully saturated rings. The predicted octanol–water partition coefficient (Wildman–Crippen LogP) is 3.08. The Morgan fingerprint density at radius 1 is 1.20 bits per heavy atom. The van der Waals surface area contributed by atoms with Crippen LogP contribution in [0.25, 0.3) is 0 Å². The topological polar surface area (TPSA) is 69.6 Å². The maximum atomic E-state index is 13.4.